The van der Waals surface area contributed by atoms with E-state index in [0.29, 0.717) is 19.6 Å². The maximum Gasteiger partial charge on any atom is 0.282 e. The maximum atomic E-state index is 13.2. The summed E-state index contributed by atoms with van der Waals surface area (Å²) in [5.74, 6) is 0.774. The van der Waals surface area contributed by atoms with E-state index in [9.17, 15) is 8.42 Å². The van der Waals surface area contributed by atoms with Gasteiger partial charge in [0.2, 0.25) is 0 Å². The first-order chi connectivity index (χ1) is 11.4. The summed E-state index contributed by atoms with van der Waals surface area (Å²) in [5, 5.41) is 0. The van der Waals surface area contributed by atoms with Crippen molar-refractivity contribution in [2.45, 2.75) is 51.5 Å². The number of benzene rings is 1. The summed E-state index contributed by atoms with van der Waals surface area (Å²) in [6, 6.07) is 7.70. The third kappa shape index (κ3) is 3.91. The van der Waals surface area contributed by atoms with E-state index in [1.54, 1.807) is 15.7 Å². The Hall–Kier alpha value is -1.15. The zero-order chi connectivity index (χ0) is 17.3. The second-order valence-corrected chi connectivity index (χ2v) is 8.59. The van der Waals surface area contributed by atoms with E-state index in [-0.39, 0.29) is 18.2 Å². The molecule has 0 spiro atoms. The Bertz CT molecular complexity index is 648. The molecule has 0 N–H and O–H groups in total. The molecule has 2 fully saturated rings. The fraction of sp³-hybridized carbons (Fsp3) is 0.647. The molecule has 1 saturated carbocycles. The van der Waals surface area contributed by atoms with Crippen molar-refractivity contribution in [3.05, 3.63) is 29.8 Å². The van der Waals surface area contributed by atoms with E-state index in [0.717, 1.165) is 24.2 Å². The van der Waals surface area contributed by atoms with Crippen LogP contribution >= 0.6 is 0 Å². The summed E-state index contributed by atoms with van der Waals surface area (Å²) in [6.45, 7) is 5.07. The third-order valence-electron chi connectivity index (χ3n) is 4.46. The van der Waals surface area contributed by atoms with Crippen molar-refractivity contribution in [3.63, 3.8) is 0 Å². The molecule has 7 heteroatoms. The van der Waals surface area contributed by atoms with Crippen molar-refractivity contribution < 1.29 is 17.9 Å². The van der Waals surface area contributed by atoms with Gasteiger partial charge in [-0.1, -0.05) is 12.1 Å². The number of hydrogen-bond acceptors (Lipinski definition) is 4. The number of ether oxygens (including phenoxy) is 2. The summed E-state index contributed by atoms with van der Waals surface area (Å²) in [4.78, 5) is 0. The van der Waals surface area contributed by atoms with E-state index in [1.165, 1.54) is 0 Å². The van der Waals surface area contributed by atoms with Crippen LogP contribution in [0.4, 0.5) is 0 Å². The monoisotopic (exact) mass is 354 g/mol. The van der Waals surface area contributed by atoms with Gasteiger partial charge in [-0.15, -0.1) is 0 Å². The first kappa shape index (κ1) is 17.7. The van der Waals surface area contributed by atoms with Crippen LogP contribution in [-0.2, 0) is 21.5 Å². The van der Waals surface area contributed by atoms with Crippen molar-refractivity contribution in [1.82, 2.24) is 8.61 Å². The standard InChI is InChI=1S/C17H26N2O4S/c1-13-10-18(11-14(2)23-13)24(20,21)19(16-6-7-16)12-15-4-8-17(22-3)9-5-15/h4-5,8-9,13-14,16H,6-7,10-12H2,1-3H3. The Balaban J connectivity index is 1.78. The van der Waals surface area contributed by atoms with Gasteiger partial charge >= 0.3 is 0 Å². The Kier molecular flexibility index (Phi) is 5.15. The van der Waals surface area contributed by atoms with Crippen LogP contribution in [0.2, 0.25) is 0 Å². The summed E-state index contributed by atoms with van der Waals surface area (Å²) < 4.78 is 40.4. The van der Waals surface area contributed by atoms with Crippen LogP contribution in [-0.4, -0.2) is 55.5 Å². The number of nitrogens with zero attached hydrogens (tertiary/aromatic N) is 2. The lowest BCUT2D eigenvalue weighted by molar-refractivity contribution is -0.0456. The molecular formula is C17H26N2O4S. The van der Waals surface area contributed by atoms with Gasteiger partial charge < -0.3 is 9.47 Å². The van der Waals surface area contributed by atoms with Crippen LogP contribution in [0.1, 0.15) is 32.3 Å². The lowest BCUT2D eigenvalue weighted by Crippen LogP contribution is -2.53. The van der Waals surface area contributed by atoms with Gasteiger partial charge in [0.15, 0.2) is 0 Å². The van der Waals surface area contributed by atoms with E-state index >= 15 is 0 Å². The number of rotatable bonds is 6. The molecule has 1 saturated heterocycles. The van der Waals surface area contributed by atoms with Crippen LogP contribution in [0.3, 0.4) is 0 Å². The highest BCUT2D eigenvalue weighted by Crippen LogP contribution is 2.33. The Morgan fingerprint density at radius 3 is 2.25 bits per heavy atom. The Labute approximate surface area is 144 Å². The zero-order valence-corrected chi connectivity index (χ0v) is 15.3. The molecular weight excluding hydrogens is 328 g/mol. The summed E-state index contributed by atoms with van der Waals surface area (Å²) in [5.41, 5.74) is 0.973. The molecule has 6 nitrogen and oxygen atoms in total. The van der Waals surface area contributed by atoms with Crippen molar-refractivity contribution in [2.24, 2.45) is 0 Å². The predicted molar refractivity (Wildman–Crippen MR) is 92.1 cm³/mol. The van der Waals surface area contributed by atoms with E-state index < -0.39 is 10.2 Å². The minimum atomic E-state index is -3.49. The normalized spacial score (nSPS) is 25.8. The van der Waals surface area contributed by atoms with Crippen molar-refractivity contribution in [1.29, 1.82) is 0 Å². The van der Waals surface area contributed by atoms with Gasteiger partial charge in [-0.2, -0.15) is 17.0 Å². The Morgan fingerprint density at radius 2 is 1.75 bits per heavy atom. The highest BCUT2D eigenvalue weighted by atomic mass is 32.2. The average Bonchev–Trinajstić information content (AvgIpc) is 3.36. The molecule has 2 unspecified atom stereocenters. The Morgan fingerprint density at radius 1 is 1.17 bits per heavy atom. The van der Waals surface area contributed by atoms with Gasteiger partial charge in [0.05, 0.1) is 19.3 Å². The van der Waals surface area contributed by atoms with Gasteiger partial charge in [-0.25, -0.2) is 0 Å². The van der Waals surface area contributed by atoms with Crippen molar-refractivity contribution in [2.75, 3.05) is 20.2 Å². The molecule has 1 heterocycles. The third-order valence-corrected chi connectivity index (χ3v) is 6.43. The van der Waals surface area contributed by atoms with Crippen LogP contribution in [0.25, 0.3) is 0 Å². The van der Waals surface area contributed by atoms with Crippen LogP contribution in [0.15, 0.2) is 24.3 Å². The fourth-order valence-corrected chi connectivity index (χ4v) is 5.13. The topological polar surface area (TPSA) is 59.1 Å². The SMILES string of the molecule is COc1ccc(CN(C2CC2)S(=O)(=O)N2CC(C)OC(C)C2)cc1. The van der Waals surface area contributed by atoms with E-state index in [1.807, 2.05) is 38.1 Å². The van der Waals surface area contributed by atoms with E-state index in [2.05, 4.69) is 0 Å². The number of hydrogen-bond donors (Lipinski definition) is 0. The van der Waals surface area contributed by atoms with Crippen LogP contribution < -0.4 is 4.74 Å². The first-order valence-electron chi connectivity index (χ1n) is 8.45. The highest BCUT2D eigenvalue weighted by molar-refractivity contribution is 7.86. The minimum absolute atomic E-state index is 0.0782. The molecule has 0 aromatic heterocycles. The van der Waals surface area contributed by atoms with Gasteiger partial charge in [0.25, 0.3) is 10.2 Å². The quantitative estimate of drug-likeness (QED) is 0.784. The highest BCUT2D eigenvalue weighted by Gasteiger charge is 2.42. The molecule has 1 aliphatic carbocycles. The molecule has 1 aromatic carbocycles. The molecule has 0 bridgehead atoms. The van der Waals surface area contributed by atoms with Gasteiger partial charge in [-0.3, -0.25) is 0 Å². The minimum Gasteiger partial charge on any atom is -0.497 e. The second kappa shape index (κ2) is 7.00. The van der Waals surface area contributed by atoms with Crippen LogP contribution in [0.5, 0.6) is 5.75 Å². The molecule has 2 aliphatic rings. The largest absolute Gasteiger partial charge is 0.497 e. The predicted octanol–water partition coefficient (Wildman–Crippen LogP) is 2.01. The van der Waals surface area contributed by atoms with Crippen LogP contribution in [0, 0.1) is 0 Å². The lowest BCUT2D eigenvalue weighted by Gasteiger charge is -2.37. The van der Waals surface area contributed by atoms with Gasteiger partial charge in [0, 0.05) is 25.7 Å². The maximum absolute atomic E-state index is 13.2. The molecule has 24 heavy (non-hydrogen) atoms. The lowest BCUT2D eigenvalue weighted by atomic mass is 10.2. The summed E-state index contributed by atoms with van der Waals surface area (Å²) >= 11 is 0. The van der Waals surface area contributed by atoms with Gasteiger partial charge in [0.1, 0.15) is 5.75 Å². The smallest absolute Gasteiger partial charge is 0.282 e. The molecule has 0 radical (unpaired) electrons. The molecule has 0 amide bonds. The second-order valence-electron chi connectivity index (χ2n) is 6.71. The molecule has 134 valence electrons. The average molecular weight is 354 g/mol. The molecule has 2 atom stereocenters. The molecule has 1 aliphatic heterocycles. The fourth-order valence-electron chi connectivity index (χ4n) is 3.14. The zero-order valence-electron chi connectivity index (χ0n) is 14.5. The van der Waals surface area contributed by atoms with Crippen molar-refractivity contribution >= 4 is 10.2 Å². The molecule has 3 rings (SSSR count). The molecule has 1 aromatic rings. The first-order valence-corrected chi connectivity index (χ1v) is 9.85. The summed E-state index contributed by atoms with van der Waals surface area (Å²) in [6.07, 6.45) is 1.71. The summed E-state index contributed by atoms with van der Waals surface area (Å²) in [7, 11) is -1.86. The number of morpholine rings is 1. The van der Waals surface area contributed by atoms with E-state index in [4.69, 9.17) is 9.47 Å². The number of methoxy groups -OCH3 is 1. The van der Waals surface area contributed by atoms with Gasteiger partial charge in [-0.05, 0) is 44.4 Å². The van der Waals surface area contributed by atoms with Crippen molar-refractivity contribution in [3.8, 4) is 5.75 Å².